The van der Waals surface area contributed by atoms with Crippen molar-refractivity contribution in [3.8, 4) is 0 Å². The Balaban J connectivity index is 1.89. The molecule has 2 heterocycles. The number of hydrogen-bond acceptors (Lipinski definition) is 3. The summed E-state index contributed by atoms with van der Waals surface area (Å²) in [6.07, 6.45) is 7.54. The van der Waals surface area contributed by atoms with Crippen LogP contribution >= 0.6 is 11.6 Å². The van der Waals surface area contributed by atoms with Crippen LogP contribution in [-0.2, 0) is 11.3 Å². The Kier molecular flexibility index (Phi) is 6.42. The van der Waals surface area contributed by atoms with E-state index in [0.717, 1.165) is 37.1 Å². The zero-order valence-electron chi connectivity index (χ0n) is 14.9. The van der Waals surface area contributed by atoms with Gasteiger partial charge in [-0.2, -0.15) is 0 Å². The molecule has 1 saturated heterocycles. The van der Waals surface area contributed by atoms with Gasteiger partial charge < -0.3 is 4.90 Å². The number of likely N-dealkylation sites (tertiary alicyclic amines) is 1. The van der Waals surface area contributed by atoms with E-state index in [1.54, 1.807) is 18.5 Å². The second-order valence-electron chi connectivity index (χ2n) is 6.53. The predicted molar refractivity (Wildman–Crippen MR) is 105 cm³/mol. The maximum atomic E-state index is 13.5. The van der Waals surface area contributed by atoms with E-state index in [0.29, 0.717) is 18.1 Å². The second kappa shape index (κ2) is 8.97. The van der Waals surface area contributed by atoms with E-state index >= 15 is 0 Å². The minimum atomic E-state index is -0.311. The van der Waals surface area contributed by atoms with E-state index in [-0.39, 0.29) is 11.9 Å². The van der Waals surface area contributed by atoms with Crippen LogP contribution in [0.15, 0.2) is 61.4 Å². The van der Waals surface area contributed by atoms with Gasteiger partial charge in [-0.15, -0.1) is 6.58 Å². The number of nitrogens with zero attached hydrogens (tertiary/aromatic N) is 3. The van der Waals surface area contributed by atoms with E-state index < -0.39 is 0 Å². The van der Waals surface area contributed by atoms with E-state index in [4.69, 9.17) is 11.6 Å². The lowest BCUT2D eigenvalue weighted by Gasteiger charge is -2.32. The highest BCUT2D eigenvalue weighted by atomic mass is 35.5. The van der Waals surface area contributed by atoms with Crippen LogP contribution in [0.1, 0.15) is 30.0 Å². The third-order valence-corrected chi connectivity index (χ3v) is 5.09. The predicted octanol–water partition coefficient (Wildman–Crippen LogP) is 4.09. The minimum absolute atomic E-state index is 0.0692. The van der Waals surface area contributed by atoms with Gasteiger partial charge in [0.2, 0.25) is 5.91 Å². The molecule has 1 aromatic heterocycles. The zero-order chi connectivity index (χ0) is 18.4. The summed E-state index contributed by atoms with van der Waals surface area (Å²) >= 11 is 6.31. The SMILES string of the molecule is C=CCN(Cc1ccccc1Cl)C(=O)C(c1cccnc1)N1CCCC1. The van der Waals surface area contributed by atoms with E-state index in [2.05, 4.69) is 16.5 Å². The van der Waals surface area contributed by atoms with Gasteiger partial charge in [0.25, 0.3) is 0 Å². The smallest absolute Gasteiger partial charge is 0.245 e. The molecule has 1 unspecified atom stereocenters. The van der Waals surface area contributed by atoms with Crippen molar-refractivity contribution in [3.63, 3.8) is 0 Å². The van der Waals surface area contributed by atoms with Gasteiger partial charge in [-0.05, 0) is 49.2 Å². The molecule has 1 aromatic carbocycles. The normalized spacial score (nSPS) is 15.6. The molecule has 2 aromatic rings. The molecule has 0 N–H and O–H groups in total. The molecule has 1 aliphatic heterocycles. The Bertz CT molecular complexity index is 744. The Morgan fingerprint density at radius 2 is 2.04 bits per heavy atom. The molecule has 4 nitrogen and oxygen atoms in total. The summed E-state index contributed by atoms with van der Waals surface area (Å²) in [5, 5.41) is 0.675. The first-order valence-corrected chi connectivity index (χ1v) is 9.35. The van der Waals surface area contributed by atoms with Crippen molar-refractivity contribution < 1.29 is 4.79 Å². The van der Waals surface area contributed by atoms with Crippen LogP contribution in [-0.4, -0.2) is 40.3 Å². The van der Waals surface area contributed by atoms with Crippen molar-refractivity contribution in [2.24, 2.45) is 0 Å². The molecule has 5 heteroatoms. The molecule has 136 valence electrons. The molecule has 26 heavy (non-hydrogen) atoms. The monoisotopic (exact) mass is 369 g/mol. The molecule has 1 amide bonds. The number of amides is 1. The van der Waals surface area contributed by atoms with Gasteiger partial charge in [-0.1, -0.05) is 41.9 Å². The van der Waals surface area contributed by atoms with Crippen molar-refractivity contribution in [2.45, 2.75) is 25.4 Å². The summed E-state index contributed by atoms with van der Waals surface area (Å²) in [4.78, 5) is 21.8. The summed E-state index contributed by atoms with van der Waals surface area (Å²) in [6, 6.07) is 11.2. The molecule has 1 fully saturated rings. The van der Waals surface area contributed by atoms with Crippen LogP contribution in [0, 0.1) is 0 Å². The van der Waals surface area contributed by atoms with Gasteiger partial charge >= 0.3 is 0 Å². The molecule has 0 radical (unpaired) electrons. The van der Waals surface area contributed by atoms with Crippen LogP contribution in [0.25, 0.3) is 0 Å². The molecule has 1 atom stereocenters. The molecule has 0 bridgehead atoms. The van der Waals surface area contributed by atoms with Crippen molar-refractivity contribution in [2.75, 3.05) is 19.6 Å². The maximum Gasteiger partial charge on any atom is 0.245 e. The van der Waals surface area contributed by atoms with Crippen molar-refractivity contribution in [3.05, 3.63) is 77.6 Å². The van der Waals surface area contributed by atoms with E-state index in [9.17, 15) is 4.79 Å². The molecular weight excluding hydrogens is 346 g/mol. The third-order valence-electron chi connectivity index (χ3n) is 4.72. The average Bonchev–Trinajstić information content (AvgIpc) is 3.18. The third kappa shape index (κ3) is 4.32. The Labute approximate surface area is 160 Å². The number of rotatable bonds is 7. The molecule has 0 saturated carbocycles. The summed E-state index contributed by atoms with van der Waals surface area (Å²) in [7, 11) is 0. The van der Waals surface area contributed by atoms with Crippen LogP contribution < -0.4 is 0 Å². The molecule has 1 aliphatic rings. The maximum absolute atomic E-state index is 13.5. The standard InChI is InChI=1S/C21H24ClN3O/c1-2-12-25(16-18-8-3-4-10-19(18)22)21(26)20(24-13-5-6-14-24)17-9-7-11-23-15-17/h2-4,7-11,15,20H,1,5-6,12-14,16H2. The fraction of sp³-hybridized carbons (Fsp3) is 0.333. The highest BCUT2D eigenvalue weighted by Crippen LogP contribution is 2.28. The fourth-order valence-corrected chi connectivity index (χ4v) is 3.64. The summed E-state index contributed by atoms with van der Waals surface area (Å²) in [5.41, 5.74) is 1.88. The first-order chi connectivity index (χ1) is 12.7. The number of halogens is 1. The van der Waals surface area contributed by atoms with Crippen LogP contribution in [0.2, 0.25) is 5.02 Å². The number of pyridine rings is 1. The summed E-state index contributed by atoms with van der Waals surface area (Å²) in [6.45, 7) is 6.63. The van der Waals surface area contributed by atoms with Crippen LogP contribution in [0.3, 0.4) is 0 Å². The van der Waals surface area contributed by atoms with Crippen LogP contribution in [0.4, 0.5) is 0 Å². The van der Waals surface area contributed by atoms with Gasteiger partial charge in [0.1, 0.15) is 6.04 Å². The van der Waals surface area contributed by atoms with Crippen molar-refractivity contribution in [1.82, 2.24) is 14.8 Å². The highest BCUT2D eigenvalue weighted by molar-refractivity contribution is 6.31. The van der Waals surface area contributed by atoms with Crippen molar-refractivity contribution in [1.29, 1.82) is 0 Å². The lowest BCUT2D eigenvalue weighted by molar-refractivity contribution is -0.137. The van der Waals surface area contributed by atoms with Gasteiger partial charge in [0.05, 0.1) is 0 Å². The van der Waals surface area contributed by atoms with Gasteiger partial charge in [-0.3, -0.25) is 14.7 Å². The first kappa shape index (κ1) is 18.6. The molecular formula is C21H24ClN3O. The van der Waals surface area contributed by atoms with E-state index in [1.807, 2.05) is 41.3 Å². The lowest BCUT2D eigenvalue weighted by atomic mass is 10.1. The van der Waals surface area contributed by atoms with E-state index in [1.165, 1.54) is 0 Å². The number of aromatic nitrogens is 1. The van der Waals surface area contributed by atoms with Crippen LogP contribution in [0.5, 0.6) is 0 Å². The Morgan fingerprint density at radius 1 is 1.27 bits per heavy atom. The van der Waals surface area contributed by atoms with Gasteiger partial charge in [0, 0.05) is 30.5 Å². The molecule has 0 aliphatic carbocycles. The number of benzene rings is 1. The van der Waals surface area contributed by atoms with Crippen molar-refractivity contribution >= 4 is 17.5 Å². The lowest BCUT2D eigenvalue weighted by Crippen LogP contribution is -2.42. The zero-order valence-corrected chi connectivity index (χ0v) is 15.6. The first-order valence-electron chi connectivity index (χ1n) is 8.97. The second-order valence-corrected chi connectivity index (χ2v) is 6.94. The molecule has 3 rings (SSSR count). The summed E-state index contributed by atoms with van der Waals surface area (Å²) < 4.78 is 0. The topological polar surface area (TPSA) is 36.4 Å². The quantitative estimate of drug-likeness (QED) is 0.690. The summed E-state index contributed by atoms with van der Waals surface area (Å²) in [5.74, 6) is 0.0692. The fourth-order valence-electron chi connectivity index (χ4n) is 3.44. The Morgan fingerprint density at radius 3 is 2.69 bits per heavy atom. The number of carbonyl (C=O) groups excluding carboxylic acids is 1. The Hall–Kier alpha value is -2.17. The number of carbonyl (C=O) groups is 1. The minimum Gasteiger partial charge on any atom is -0.333 e. The highest BCUT2D eigenvalue weighted by Gasteiger charge is 2.32. The number of hydrogen-bond donors (Lipinski definition) is 0. The van der Waals surface area contributed by atoms with Gasteiger partial charge in [-0.25, -0.2) is 0 Å². The average molecular weight is 370 g/mol. The largest absolute Gasteiger partial charge is 0.333 e. The van der Waals surface area contributed by atoms with Gasteiger partial charge in [0.15, 0.2) is 0 Å². The molecule has 0 spiro atoms.